The SMILES string of the molecule is CCOC(=O)Cc1csc(NN=Cc2ccc(OC)c(OC(C(=O)O)c3ccccc3)c2)n1. The lowest BCUT2D eigenvalue weighted by Crippen LogP contribution is -2.18. The number of hydrogen-bond acceptors (Lipinski definition) is 9. The van der Waals surface area contributed by atoms with E-state index in [1.807, 2.05) is 0 Å². The molecule has 0 amide bonds. The van der Waals surface area contributed by atoms with Crippen molar-refractivity contribution >= 4 is 34.6 Å². The standard InChI is InChI=1S/C23H23N3O6S/c1-3-31-20(27)12-17-14-33-23(25-17)26-24-13-15-9-10-18(30-2)19(11-15)32-21(22(28)29)16-7-5-4-6-8-16/h4-11,13-14,21H,3,12H2,1-2H3,(H,25,26)(H,28,29). The molecule has 1 heterocycles. The molecule has 172 valence electrons. The minimum absolute atomic E-state index is 0.0983. The Kier molecular flexibility index (Phi) is 8.36. The highest BCUT2D eigenvalue weighted by molar-refractivity contribution is 7.13. The molecule has 1 aromatic heterocycles. The summed E-state index contributed by atoms with van der Waals surface area (Å²) in [6.45, 7) is 2.07. The molecule has 10 heteroatoms. The first-order chi connectivity index (χ1) is 16.0. The van der Waals surface area contributed by atoms with Crippen LogP contribution in [0.1, 0.15) is 29.8 Å². The largest absolute Gasteiger partial charge is 0.493 e. The highest BCUT2D eigenvalue weighted by Crippen LogP contribution is 2.32. The Morgan fingerprint density at radius 2 is 2.00 bits per heavy atom. The molecular formula is C23H23N3O6S. The van der Waals surface area contributed by atoms with Crippen molar-refractivity contribution in [1.82, 2.24) is 4.98 Å². The Labute approximate surface area is 194 Å². The van der Waals surface area contributed by atoms with Gasteiger partial charge in [-0.05, 0) is 30.7 Å². The second-order valence-corrected chi connectivity index (χ2v) is 7.51. The molecule has 0 radical (unpaired) electrons. The van der Waals surface area contributed by atoms with Gasteiger partial charge in [0, 0.05) is 10.9 Å². The fraction of sp³-hybridized carbons (Fsp3) is 0.217. The van der Waals surface area contributed by atoms with Gasteiger partial charge in [-0.1, -0.05) is 30.3 Å². The Morgan fingerprint density at radius 3 is 2.70 bits per heavy atom. The fourth-order valence-electron chi connectivity index (χ4n) is 2.84. The number of hydrazone groups is 1. The second kappa shape index (κ2) is 11.6. The number of ether oxygens (including phenoxy) is 3. The van der Waals surface area contributed by atoms with Crippen molar-refractivity contribution in [2.45, 2.75) is 19.4 Å². The maximum absolute atomic E-state index is 11.8. The molecule has 0 saturated heterocycles. The summed E-state index contributed by atoms with van der Waals surface area (Å²) in [5.41, 5.74) is 4.57. The number of anilines is 1. The van der Waals surface area contributed by atoms with Gasteiger partial charge in [0.05, 0.1) is 32.0 Å². The number of nitrogens with zero attached hydrogens (tertiary/aromatic N) is 2. The highest BCUT2D eigenvalue weighted by Gasteiger charge is 2.23. The number of esters is 1. The van der Waals surface area contributed by atoms with Gasteiger partial charge in [-0.2, -0.15) is 5.10 Å². The summed E-state index contributed by atoms with van der Waals surface area (Å²) in [5, 5.41) is 16.1. The molecule has 0 spiro atoms. The van der Waals surface area contributed by atoms with Crippen molar-refractivity contribution in [2.24, 2.45) is 5.10 Å². The van der Waals surface area contributed by atoms with E-state index in [0.29, 0.717) is 34.3 Å². The first-order valence-electron chi connectivity index (χ1n) is 10.0. The molecule has 0 saturated carbocycles. The van der Waals surface area contributed by atoms with Crippen LogP contribution in [-0.2, 0) is 20.7 Å². The molecule has 3 rings (SSSR count). The summed E-state index contributed by atoms with van der Waals surface area (Å²) in [7, 11) is 1.48. The quantitative estimate of drug-likeness (QED) is 0.246. The van der Waals surface area contributed by atoms with Crippen LogP contribution in [0.2, 0.25) is 0 Å². The Morgan fingerprint density at radius 1 is 1.21 bits per heavy atom. The number of carbonyl (C=O) groups is 2. The lowest BCUT2D eigenvalue weighted by Gasteiger charge is -2.17. The number of carbonyl (C=O) groups excluding carboxylic acids is 1. The molecule has 1 atom stereocenters. The maximum Gasteiger partial charge on any atom is 0.349 e. The predicted molar refractivity (Wildman–Crippen MR) is 124 cm³/mol. The van der Waals surface area contributed by atoms with E-state index in [1.54, 1.807) is 60.8 Å². The van der Waals surface area contributed by atoms with Crippen molar-refractivity contribution in [2.75, 3.05) is 19.1 Å². The number of benzene rings is 2. The first kappa shape index (κ1) is 23.7. The molecule has 1 unspecified atom stereocenters. The van der Waals surface area contributed by atoms with Crippen LogP contribution < -0.4 is 14.9 Å². The number of nitrogens with one attached hydrogen (secondary N) is 1. The number of rotatable bonds is 11. The molecule has 0 aliphatic rings. The number of aromatic nitrogens is 1. The van der Waals surface area contributed by atoms with E-state index in [0.717, 1.165) is 0 Å². The topological polar surface area (TPSA) is 119 Å². The lowest BCUT2D eigenvalue weighted by atomic mass is 10.1. The molecule has 9 nitrogen and oxygen atoms in total. The van der Waals surface area contributed by atoms with Gasteiger partial charge in [0.2, 0.25) is 11.2 Å². The third-order valence-corrected chi connectivity index (χ3v) is 5.11. The smallest absolute Gasteiger partial charge is 0.349 e. The van der Waals surface area contributed by atoms with Crippen LogP contribution >= 0.6 is 11.3 Å². The van der Waals surface area contributed by atoms with E-state index < -0.39 is 12.1 Å². The minimum Gasteiger partial charge on any atom is -0.493 e. The normalized spacial score (nSPS) is 11.7. The predicted octanol–water partition coefficient (Wildman–Crippen LogP) is 3.91. The Hall–Kier alpha value is -3.92. The van der Waals surface area contributed by atoms with Crippen molar-refractivity contribution in [3.05, 3.63) is 70.7 Å². The van der Waals surface area contributed by atoms with Crippen LogP contribution in [-0.4, -0.2) is 42.0 Å². The van der Waals surface area contributed by atoms with Crippen molar-refractivity contribution in [3.8, 4) is 11.5 Å². The number of hydrogen-bond donors (Lipinski definition) is 2. The van der Waals surface area contributed by atoms with Gasteiger partial charge >= 0.3 is 11.9 Å². The van der Waals surface area contributed by atoms with Crippen LogP contribution in [0.25, 0.3) is 0 Å². The first-order valence-corrected chi connectivity index (χ1v) is 10.9. The van der Waals surface area contributed by atoms with Crippen LogP contribution in [0.15, 0.2) is 59.0 Å². The van der Waals surface area contributed by atoms with Crippen molar-refractivity contribution < 1.29 is 28.9 Å². The molecule has 2 N–H and O–H groups in total. The summed E-state index contributed by atoms with van der Waals surface area (Å²) in [6.07, 6.45) is 0.441. The number of carboxylic acid groups (broad SMARTS) is 1. The number of methoxy groups -OCH3 is 1. The summed E-state index contributed by atoms with van der Waals surface area (Å²) < 4.78 is 16.0. The number of aliphatic carboxylic acids is 1. The second-order valence-electron chi connectivity index (χ2n) is 6.65. The molecule has 33 heavy (non-hydrogen) atoms. The molecule has 3 aromatic rings. The van der Waals surface area contributed by atoms with Gasteiger partial charge in [-0.3, -0.25) is 10.2 Å². The molecule has 2 aromatic carbocycles. The summed E-state index contributed by atoms with van der Waals surface area (Å²) in [5.74, 6) is -0.792. The zero-order chi connectivity index (χ0) is 23.6. The fourth-order valence-corrected chi connectivity index (χ4v) is 3.50. The highest BCUT2D eigenvalue weighted by atomic mass is 32.1. The van der Waals surface area contributed by atoms with Crippen molar-refractivity contribution in [1.29, 1.82) is 0 Å². The van der Waals surface area contributed by atoms with Gasteiger partial charge in [0.1, 0.15) is 0 Å². The van der Waals surface area contributed by atoms with E-state index in [1.165, 1.54) is 24.7 Å². The van der Waals surface area contributed by atoms with Gasteiger partial charge in [-0.15, -0.1) is 11.3 Å². The minimum atomic E-state index is -1.20. The summed E-state index contributed by atoms with van der Waals surface area (Å²) in [6, 6.07) is 13.7. The van der Waals surface area contributed by atoms with Gasteiger partial charge in [0.15, 0.2) is 11.5 Å². The Balaban J connectivity index is 1.70. The molecule has 0 bridgehead atoms. The van der Waals surface area contributed by atoms with E-state index >= 15 is 0 Å². The van der Waals surface area contributed by atoms with Crippen molar-refractivity contribution in [3.63, 3.8) is 0 Å². The van der Waals surface area contributed by atoms with Crippen LogP contribution in [0.5, 0.6) is 11.5 Å². The van der Waals surface area contributed by atoms with E-state index in [2.05, 4.69) is 15.5 Å². The van der Waals surface area contributed by atoms with E-state index in [4.69, 9.17) is 14.2 Å². The zero-order valence-electron chi connectivity index (χ0n) is 18.1. The van der Waals surface area contributed by atoms with Gasteiger partial charge in [-0.25, -0.2) is 9.78 Å². The summed E-state index contributed by atoms with van der Waals surface area (Å²) >= 11 is 1.31. The third kappa shape index (κ3) is 6.78. The van der Waals surface area contributed by atoms with Crippen LogP contribution in [0.4, 0.5) is 5.13 Å². The average molecular weight is 470 g/mol. The average Bonchev–Trinajstić information content (AvgIpc) is 3.25. The molecule has 0 fully saturated rings. The maximum atomic E-state index is 11.8. The van der Waals surface area contributed by atoms with E-state index in [9.17, 15) is 14.7 Å². The van der Waals surface area contributed by atoms with Crippen LogP contribution in [0.3, 0.4) is 0 Å². The molecule has 0 aliphatic carbocycles. The van der Waals surface area contributed by atoms with Crippen LogP contribution in [0, 0.1) is 0 Å². The number of thiazole rings is 1. The number of carboxylic acids is 1. The van der Waals surface area contributed by atoms with Gasteiger partial charge in [0.25, 0.3) is 0 Å². The summed E-state index contributed by atoms with van der Waals surface area (Å²) in [4.78, 5) is 27.6. The van der Waals surface area contributed by atoms with Gasteiger partial charge < -0.3 is 19.3 Å². The third-order valence-electron chi connectivity index (χ3n) is 4.32. The molecular weight excluding hydrogens is 446 g/mol. The monoisotopic (exact) mass is 469 g/mol. The molecule has 0 aliphatic heterocycles. The van der Waals surface area contributed by atoms with E-state index in [-0.39, 0.29) is 18.1 Å². The Bertz CT molecular complexity index is 1120. The zero-order valence-corrected chi connectivity index (χ0v) is 18.9. The lowest BCUT2D eigenvalue weighted by molar-refractivity contribution is -0.145.